The second kappa shape index (κ2) is 15.0. The highest BCUT2D eigenvalue weighted by molar-refractivity contribution is 6.02. The highest BCUT2D eigenvalue weighted by Gasteiger charge is 2.53. The molecule has 0 aliphatic carbocycles. The van der Waals surface area contributed by atoms with Gasteiger partial charge in [0.1, 0.15) is 0 Å². The van der Waals surface area contributed by atoms with Crippen molar-refractivity contribution in [3.8, 4) is 11.8 Å². The summed E-state index contributed by atoms with van der Waals surface area (Å²) in [6, 6.07) is 0. The fourth-order valence-electron chi connectivity index (χ4n) is 3.24. The molecule has 3 N–H and O–H groups in total. The lowest BCUT2D eigenvalue weighted by Crippen LogP contribution is -2.47. The Labute approximate surface area is 168 Å². The van der Waals surface area contributed by atoms with Crippen LogP contribution in [0.5, 0.6) is 0 Å². The summed E-state index contributed by atoms with van der Waals surface area (Å²) in [5, 5.41) is 27.8. The Bertz CT molecular complexity index is 529. The third-order valence-corrected chi connectivity index (χ3v) is 5.28. The van der Waals surface area contributed by atoms with Crippen LogP contribution < -0.4 is 0 Å². The number of carboxylic acids is 3. The number of carboxylic acid groups (broad SMARTS) is 3. The summed E-state index contributed by atoms with van der Waals surface area (Å²) >= 11 is 0. The Morgan fingerprint density at radius 2 is 1.18 bits per heavy atom. The van der Waals surface area contributed by atoms with Gasteiger partial charge in [-0.15, -0.1) is 11.8 Å². The molecular weight excluding hydrogens is 360 g/mol. The average molecular weight is 397 g/mol. The molecule has 0 fully saturated rings. The van der Waals surface area contributed by atoms with Crippen LogP contribution in [-0.4, -0.2) is 33.2 Å². The molecular formula is C22H36O6. The molecule has 6 heteroatoms. The number of hydrogen-bond acceptors (Lipinski definition) is 3. The molecule has 0 aromatic heterocycles. The van der Waals surface area contributed by atoms with E-state index in [2.05, 4.69) is 18.8 Å². The van der Waals surface area contributed by atoms with Gasteiger partial charge in [0.25, 0.3) is 0 Å². The summed E-state index contributed by atoms with van der Waals surface area (Å²) in [4.78, 5) is 34.2. The molecule has 0 amide bonds. The lowest BCUT2D eigenvalue weighted by atomic mass is 9.72. The van der Waals surface area contributed by atoms with Crippen LogP contribution in [0.4, 0.5) is 0 Å². The predicted octanol–water partition coefficient (Wildman–Crippen LogP) is 4.96. The van der Waals surface area contributed by atoms with Crippen molar-refractivity contribution in [3.63, 3.8) is 0 Å². The van der Waals surface area contributed by atoms with E-state index in [4.69, 9.17) is 5.11 Å². The van der Waals surface area contributed by atoms with Crippen LogP contribution in [0.25, 0.3) is 0 Å². The molecule has 0 saturated carbocycles. The fraction of sp³-hybridized carbons (Fsp3) is 0.773. The van der Waals surface area contributed by atoms with Crippen LogP contribution in [0.1, 0.15) is 97.3 Å². The van der Waals surface area contributed by atoms with Crippen LogP contribution in [0.2, 0.25) is 0 Å². The van der Waals surface area contributed by atoms with E-state index in [0.29, 0.717) is 12.8 Å². The lowest BCUT2D eigenvalue weighted by Gasteiger charge is -2.28. The first-order valence-electron chi connectivity index (χ1n) is 10.5. The molecule has 0 radical (unpaired) electrons. The van der Waals surface area contributed by atoms with E-state index < -0.39 is 29.2 Å². The van der Waals surface area contributed by atoms with Gasteiger partial charge in [0.05, 0.1) is 5.92 Å². The summed E-state index contributed by atoms with van der Waals surface area (Å²) in [6.07, 6.45) is 11.8. The van der Waals surface area contributed by atoms with Gasteiger partial charge in [-0.2, -0.15) is 0 Å². The van der Waals surface area contributed by atoms with Gasteiger partial charge in [0.2, 0.25) is 0 Å². The van der Waals surface area contributed by atoms with E-state index >= 15 is 0 Å². The minimum Gasteiger partial charge on any atom is -0.481 e. The molecule has 0 aliphatic rings. The third kappa shape index (κ3) is 9.25. The van der Waals surface area contributed by atoms with E-state index in [1.54, 1.807) is 0 Å². The second-order valence-electron chi connectivity index (χ2n) is 7.43. The minimum absolute atomic E-state index is 0.186. The highest BCUT2D eigenvalue weighted by atomic mass is 16.4. The standard InChI is InChI=1S/C22H36O6/c1-3-4-5-6-7-8-9-10-11-12-13-14-15-16-17-22(20(25)26,21(27)28)18(2)19(23)24/h18H,3-9,12-17H2,1-2H3,(H,23,24)(H,25,26)(H,27,28). The van der Waals surface area contributed by atoms with Gasteiger partial charge in [-0.05, 0) is 19.3 Å². The number of carbonyl (C=O) groups is 3. The molecule has 0 rings (SSSR count). The maximum Gasteiger partial charge on any atom is 0.321 e. The highest BCUT2D eigenvalue weighted by Crippen LogP contribution is 2.35. The quantitative estimate of drug-likeness (QED) is 0.193. The normalized spacial score (nSPS) is 12.1. The van der Waals surface area contributed by atoms with Crippen molar-refractivity contribution in [1.82, 2.24) is 0 Å². The van der Waals surface area contributed by atoms with Crippen LogP contribution in [0, 0.1) is 23.2 Å². The molecule has 6 nitrogen and oxygen atoms in total. The van der Waals surface area contributed by atoms with Crippen LogP contribution in [0.3, 0.4) is 0 Å². The van der Waals surface area contributed by atoms with Crippen molar-refractivity contribution >= 4 is 17.9 Å². The summed E-state index contributed by atoms with van der Waals surface area (Å²) in [5.74, 6) is 0.249. The van der Waals surface area contributed by atoms with Gasteiger partial charge in [0, 0.05) is 12.8 Å². The van der Waals surface area contributed by atoms with Gasteiger partial charge in [-0.25, -0.2) is 0 Å². The Kier molecular flexibility index (Phi) is 13.9. The Balaban J connectivity index is 4.08. The summed E-state index contributed by atoms with van der Waals surface area (Å²) in [6.45, 7) is 3.35. The van der Waals surface area contributed by atoms with Crippen LogP contribution >= 0.6 is 0 Å². The molecule has 160 valence electrons. The van der Waals surface area contributed by atoms with Gasteiger partial charge in [0.15, 0.2) is 5.41 Å². The minimum atomic E-state index is -2.28. The number of rotatable bonds is 16. The SMILES string of the molecule is CCCCCCCCC#CCCCCCCC(C(=O)O)(C(=O)O)C(C)C(=O)O. The van der Waals surface area contributed by atoms with E-state index in [-0.39, 0.29) is 6.42 Å². The molecule has 0 aromatic rings. The van der Waals surface area contributed by atoms with Crippen molar-refractivity contribution in [1.29, 1.82) is 0 Å². The first-order valence-corrected chi connectivity index (χ1v) is 10.5. The molecule has 0 heterocycles. The number of aliphatic carboxylic acids is 3. The Morgan fingerprint density at radius 1 is 0.750 bits per heavy atom. The van der Waals surface area contributed by atoms with Gasteiger partial charge < -0.3 is 15.3 Å². The smallest absolute Gasteiger partial charge is 0.321 e. The second-order valence-corrected chi connectivity index (χ2v) is 7.43. The zero-order chi connectivity index (χ0) is 21.4. The largest absolute Gasteiger partial charge is 0.481 e. The molecule has 0 aromatic carbocycles. The predicted molar refractivity (Wildman–Crippen MR) is 108 cm³/mol. The first-order chi connectivity index (χ1) is 13.3. The van der Waals surface area contributed by atoms with E-state index in [9.17, 15) is 24.6 Å². The third-order valence-electron chi connectivity index (χ3n) is 5.28. The molecule has 0 saturated heterocycles. The van der Waals surface area contributed by atoms with Crippen molar-refractivity contribution in [2.24, 2.45) is 11.3 Å². The van der Waals surface area contributed by atoms with Crippen LogP contribution in [0.15, 0.2) is 0 Å². The number of unbranched alkanes of at least 4 members (excludes halogenated alkanes) is 10. The van der Waals surface area contributed by atoms with E-state index in [0.717, 1.165) is 39.0 Å². The van der Waals surface area contributed by atoms with Crippen molar-refractivity contribution in [2.75, 3.05) is 0 Å². The summed E-state index contributed by atoms with van der Waals surface area (Å²) < 4.78 is 0. The van der Waals surface area contributed by atoms with Crippen molar-refractivity contribution in [3.05, 3.63) is 0 Å². The molecule has 0 spiro atoms. The first kappa shape index (κ1) is 26.0. The molecule has 0 aliphatic heterocycles. The molecule has 1 unspecified atom stereocenters. The molecule has 0 bridgehead atoms. The average Bonchev–Trinajstić information content (AvgIpc) is 2.64. The fourth-order valence-corrected chi connectivity index (χ4v) is 3.24. The van der Waals surface area contributed by atoms with E-state index in [1.165, 1.54) is 32.1 Å². The number of hydrogen-bond donors (Lipinski definition) is 3. The van der Waals surface area contributed by atoms with Crippen molar-refractivity contribution in [2.45, 2.75) is 97.3 Å². The van der Waals surface area contributed by atoms with E-state index in [1.807, 2.05) is 0 Å². The molecule has 1 atom stereocenters. The van der Waals surface area contributed by atoms with Gasteiger partial charge >= 0.3 is 17.9 Å². The van der Waals surface area contributed by atoms with Crippen molar-refractivity contribution < 1.29 is 29.7 Å². The Morgan fingerprint density at radius 3 is 1.61 bits per heavy atom. The summed E-state index contributed by atoms with van der Waals surface area (Å²) in [5.41, 5.74) is -2.28. The molecule has 28 heavy (non-hydrogen) atoms. The van der Waals surface area contributed by atoms with Gasteiger partial charge in [-0.3, -0.25) is 14.4 Å². The van der Waals surface area contributed by atoms with Gasteiger partial charge in [-0.1, -0.05) is 65.2 Å². The maximum absolute atomic E-state index is 11.5. The zero-order valence-corrected chi connectivity index (χ0v) is 17.3. The van der Waals surface area contributed by atoms with Crippen LogP contribution in [-0.2, 0) is 14.4 Å². The summed E-state index contributed by atoms with van der Waals surface area (Å²) in [7, 11) is 0. The Hall–Kier alpha value is -2.03. The maximum atomic E-state index is 11.5. The monoisotopic (exact) mass is 396 g/mol. The topological polar surface area (TPSA) is 112 Å². The zero-order valence-electron chi connectivity index (χ0n) is 17.3. The lowest BCUT2D eigenvalue weighted by molar-refractivity contribution is -0.176.